The van der Waals surface area contributed by atoms with E-state index in [0.717, 1.165) is 0 Å². The standard InChI is InChI=1S/C4H6O6.K.2Na/c5-1(3(7)8)2(6)4(9)10;;;/h1-2,5-6H,(H,7,8)(H,9,10);;;/q;;2*+1/p-2. The number of hydrogen-bond acceptors (Lipinski definition) is 6. The molecule has 0 aromatic carbocycles. The normalized spacial score (nSPS) is 12.2. The zero-order valence-electron chi connectivity index (χ0n) is 7.68. The fourth-order valence-corrected chi connectivity index (χ4v) is 0.258. The zero-order chi connectivity index (χ0) is 8.31. The van der Waals surface area contributed by atoms with Gasteiger partial charge in [-0.05, 0) is 0 Å². The molecular weight excluding hydrogens is 229 g/mol. The molecule has 0 saturated heterocycles. The van der Waals surface area contributed by atoms with Crippen LogP contribution in [0.15, 0.2) is 0 Å². The maximum atomic E-state index is 9.63. The summed E-state index contributed by atoms with van der Waals surface area (Å²) in [4.78, 5) is 19.3. The van der Waals surface area contributed by atoms with E-state index in [1.54, 1.807) is 0 Å². The number of aliphatic hydroxyl groups is 2. The van der Waals surface area contributed by atoms with E-state index in [-0.39, 0.29) is 110 Å². The molecule has 0 aliphatic rings. The number of aliphatic hydroxyl groups excluding tert-OH is 2. The molecule has 59 valence electrons. The number of rotatable bonds is 3. The van der Waals surface area contributed by atoms with Crippen molar-refractivity contribution in [2.75, 3.05) is 0 Å². The van der Waals surface area contributed by atoms with Gasteiger partial charge in [0.15, 0.2) is 0 Å². The van der Waals surface area contributed by atoms with Gasteiger partial charge >= 0.3 is 59.1 Å². The summed E-state index contributed by atoms with van der Waals surface area (Å²) in [7, 11) is 0. The van der Waals surface area contributed by atoms with Gasteiger partial charge in [-0.2, -0.15) is 0 Å². The summed E-state index contributed by atoms with van der Waals surface area (Å²) in [5, 5.41) is 35.7. The molecule has 9 heteroatoms. The van der Waals surface area contributed by atoms with E-state index in [1.807, 2.05) is 0 Å². The molecule has 0 aliphatic heterocycles. The van der Waals surface area contributed by atoms with Gasteiger partial charge in [-0.25, -0.2) is 0 Å². The van der Waals surface area contributed by atoms with Crippen LogP contribution in [0.1, 0.15) is 0 Å². The zero-order valence-corrected chi connectivity index (χ0v) is 14.8. The van der Waals surface area contributed by atoms with Gasteiger partial charge in [-0.3, -0.25) is 0 Å². The minimum atomic E-state index is -2.44. The van der Waals surface area contributed by atoms with E-state index >= 15 is 0 Å². The Morgan fingerprint density at radius 3 is 1.15 bits per heavy atom. The second-order valence-corrected chi connectivity index (χ2v) is 1.53. The van der Waals surface area contributed by atoms with Crippen molar-refractivity contribution in [3.8, 4) is 0 Å². The number of carbonyl (C=O) groups is 2. The average Bonchev–Trinajstić information content (AvgIpc) is 1.84. The number of carboxylic acid groups (broad SMARTS) is 2. The van der Waals surface area contributed by atoms with Crippen LogP contribution in [0.5, 0.6) is 0 Å². The van der Waals surface area contributed by atoms with Gasteiger partial charge in [0, 0.05) is 51.4 Å². The van der Waals surface area contributed by atoms with E-state index in [9.17, 15) is 19.8 Å². The third kappa shape index (κ3) is 10.8. The van der Waals surface area contributed by atoms with Gasteiger partial charge < -0.3 is 30.0 Å². The summed E-state index contributed by atoms with van der Waals surface area (Å²) in [5.41, 5.74) is 0. The maximum Gasteiger partial charge on any atom is 1.00 e. The van der Waals surface area contributed by atoms with E-state index < -0.39 is 24.1 Å². The SMILES string of the molecule is O=C([O-])C(O)C(O)C(=O)[O-].[K].[Na+].[Na+]. The first-order valence-corrected chi connectivity index (χ1v) is 2.24. The minimum Gasteiger partial charge on any atom is -0.547 e. The summed E-state index contributed by atoms with van der Waals surface area (Å²) in [6.45, 7) is 0. The van der Waals surface area contributed by atoms with Crippen LogP contribution in [0.25, 0.3) is 0 Å². The molecule has 0 saturated carbocycles. The van der Waals surface area contributed by atoms with Crippen molar-refractivity contribution in [1.29, 1.82) is 0 Å². The molecule has 0 aromatic heterocycles. The van der Waals surface area contributed by atoms with Crippen LogP contribution in [0.4, 0.5) is 0 Å². The molecule has 13 heavy (non-hydrogen) atoms. The second-order valence-electron chi connectivity index (χ2n) is 1.53. The summed E-state index contributed by atoms with van der Waals surface area (Å²) < 4.78 is 0. The molecule has 0 rings (SSSR count). The van der Waals surface area contributed by atoms with Crippen LogP contribution in [-0.4, -0.2) is 85.7 Å². The summed E-state index contributed by atoms with van der Waals surface area (Å²) in [6, 6.07) is 0. The third-order valence-corrected chi connectivity index (χ3v) is 0.782. The van der Waals surface area contributed by atoms with Crippen LogP contribution >= 0.6 is 0 Å². The molecule has 2 atom stereocenters. The summed E-state index contributed by atoms with van der Waals surface area (Å²) >= 11 is 0. The summed E-state index contributed by atoms with van der Waals surface area (Å²) in [5.74, 6) is -4.12. The van der Waals surface area contributed by atoms with Crippen molar-refractivity contribution in [2.45, 2.75) is 12.2 Å². The van der Waals surface area contributed by atoms with Gasteiger partial charge in [0.1, 0.15) is 12.2 Å². The monoisotopic (exact) mass is 233 g/mol. The first kappa shape index (κ1) is 24.6. The molecule has 0 aliphatic carbocycles. The topological polar surface area (TPSA) is 121 Å². The first-order chi connectivity index (χ1) is 4.46. The van der Waals surface area contributed by atoms with Crippen LogP contribution in [-0.2, 0) is 9.59 Å². The quantitative estimate of drug-likeness (QED) is 0.467. The Morgan fingerprint density at radius 2 is 1.08 bits per heavy atom. The molecule has 0 fully saturated rings. The van der Waals surface area contributed by atoms with Crippen molar-refractivity contribution < 1.29 is 89.1 Å². The van der Waals surface area contributed by atoms with Crippen molar-refractivity contribution >= 4 is 63.3 Å². The Kier molecular flexibility index (Phi) is 23.8. The van der Waals surface area contributed by atoms with Crippen molar-refractivity contribution in [3.63, 3.8) is 0 Å². The van der Waals surface area contributed by atoms with E-state index in [0.29, 0.717) is 0 Å². The van der Waals surface area contributed by atoms with Gasteiger partial charge in [-0.1, -0.05) is 0 Å². The molecule has 1 radical (unpaired) electrons. The van der Waals surface area contributed by atoms with E-state index in [2.05, 4.69) is 0 Å². The Balaban J connectivity index is -0.000000135. The largest absolute Gasteiger partial charge is 1.00 e. The summed E-state index contributed by atoms with van der Waals surface area (Å²) in [6.07, 6.45) is -4.88. The molecule has 6 nitrogen and oxygen atoms in total. The number of carboxylic acids is 2. The molecule has 0 spiro atoms. The van der Waals surface area contributed by atoms with E-state index in [4.69, 9.17) is 10.2 Å². The van der Waals surface area contributed by atoms with Crippen molar-refractivity contribution in [2.24, 2.45) is 0 Å². The smallest absolute Gasteiger partial charge is 0.547 e. The molecule has 0 aromatic rings. The van der Waals surface area contributed by atoms with Crippen molar-refractivity contribution in [1.82, 2.24) is 0 Å². The molecule has 0 amide bonds. The van der Waals surface area contributed by atoms with Crippen LogP contribution < -0.4 is 69.3 Å². The predicted molar refractivity (Wildman–Crippen MR) is 27.8 cm³/mol. The maximum absolute atomic E-state index is 9.63. The Bertz CT molecular complexity index is 147. The van der Waals surface area contributed by atoms with Gasteiger partial charge in [-0.15, -0.1) is 0 Å². The van der Waals surface area contributed by atoms with Crippen LogP contribution in [0.2, 0.25) is 0 Å². The van der Waals surface area contributed by atoms with Gasteiger partial charge in [0.25, 0.3) is 0 Å². The van der Waals surface area contributed by atoms with Gasteiger partial charge in [0.2, 0.25) is 0 Å². The molecule has 2 unspecified atom stereocenters. The Morgan fingerprint density at radius 1 is 0.923 bits per heavy atom. The average molecular weight is 233 g/mol. The number of aliphatic carboxylic acids is 2. The third-order valence-electron chi connectivity index (χ3n) is 0.782. The predicted octanol–water partition coefficient (Wildman–Crippen LogP) is -11.2. The molecule has 0 bridgehead atoms. The minimum absolute atomic E-state index is 0. The van der Waals surface area contributed by atoms with Crippen molar-refractivity contribution in [3.05, 3.63) is 0 Å². The van der Waals surface area contributed by atoms with Crippen LogP contribution in [0, 0.1) is 0 Å². The number of carbonyl (C=O) groups excluding carboxylic acids is 2. The second kappa shape index (κ2) is 12.6. The number of hydrogen-bond donors (Lipinski definition) is 2. The Hall–Kier alpha value is 2.50. The van der Waals surface area contributed by atoms with Crippen LogP contribution in [0.3, 0.4) is 0 Å². The first-order valence-electron chi connectivity index (χ1n) is 2.24. The molecule has 2 N–H and O–H groups in total. The molecule has 0 heterocycles. The van der Waals surface area contributed by atoms with Gasteiger partial charge in [0.05, 0.1) is 11.9 Å². The Labute approximate surface area is 161 Å². The molecular formula is C4H4KNa2O6. The fourth-order valence-electron chi connectivity index (χ4n) is 0.258. The van der Waals surface area contributed by atoms with E-state index in [1.165, 1.54) is 0 Å². The fraction of sp³-hybridized carbons (Fsp3) is 0.500.